The summed E-state index contributed by atoms with van der Waals surface area (Å²) in [4.78, 5) is 16.7. The number of hydrogen-bond donors (Lipinski definition) is 2. The van der Waals surface area contributed by atoms with E-state index in [4.69, 9.17) is 0 Å². The monoisotopic (exact) mass is 342 g/mol. The molecule has 5 nitrogen and oxygen atoms in total. The molecule has 3 atom stereocenters. The number of fused-ring (bicyclic) bond motifs is 2. The first kappa shape index (κ1) is 15.7. The van der Waals surface area contributed by atoms with Crippen molar-refractivity contribution in [2.75, 3.05) is 5.75 Å². The van der Waals surface area contributed by atoms with Crippen molar-refractivity contribution >= 4 is 17.7 Å². The van der Waals surface area contributed by atoms with Gasteiger partial charge in [-0.15, -0.1) is 5.10 Å². The zero-order valence-electron chi connectivity index (χ0n) is 13.8. The molecule has 2 saturated carbocycles. The molecule has 1 aromatic heterocycles. The quantitative estimate of drug-likeness (QED) is 0.819. The fourth-order valence-corrected chi connectivity index (χ4v) is 4.64. The van der Waals surface area contributed by atoms with Crippen LogP contribution >= 0.6 is 11.8 Å². The van der Waals surface area contributed by atoms with E-state index in [1.54, 1.807) is 0 Å². The second kappa shape index (κ2) is 6.59. The first-order valence-corrected chi connectivity index (χ1v) is 9.57. The third kappa shape index (κ3) is 3.34. The first-order chi connectivity index (χ1) is 11.7. The number of nitrogens with zero attached hydrogens (tertiary/aromatic N) is 2. The summed E-state index contributed by atoms with van der Waals surface area (Å²) >= 11 is 1.39. The van der Waals surface area contributed by atoms with Crippen molar-refractivity contribution in [3.05, 3.63) is 29.8 Å². The lowest BCUT2D eigenvalue weighted by Gasteiger charge is -2.22. The highest BCUT2D eigenvalue weighted by Gasteiger charge is 2.39. The molecule has 0 aliphatic heterocycles. The van der Waals surface area contributed by atoms with Crippen molar-refractivity contribution in [3.63, 3.8) is 0 Å². The van der Waals surface area contributed by atoms with E-state index in [9.17, 15) is 4.79 Å². The number of rotatable bonds is 5. The van der Waals surface area contributed by atoms with Crippen molar-refractivity contribution < 1.29 is 4.79 Å². The SMILES string of the molecule is Cc1cccc(-c2nc(SCC(=O)N[C@H]3C[C@@H]4CC[C@@H]3C4)n[nH]2)c1. The summed E-state index contributed by atoms with van der Waals surface area (Å²) in [5.41, 5.74) is 2.20. The molecular weight excluding hydrogens is 320 g/mol. The van der Waals surface area contributed by atoms with Gasteiger partial charge in [-0.3, -0.25) is 9.89 Å². The van der Waals surface area contributed by atoms with E-state index in [0.717, 1.165) is 17.3 Å². The summed E-state index contributed by atoms with van der Waals surface area (Å²) in [6, 6.07) is 8.52. The number of hydrogen-bond acceptors (Lipinski definition) is 4. The van der Waals surface area contributed by atoms with E-state index in [0.29, 0.717) is 22.9 Å². The smallest absolute Gasteiger partial charge is 0.230 e. The van der Waals surface area contributed by atoms with Gasteiger partial charge in [0.05, 0.1) is 5.75 Å². The van der Waals surface area contributed by atoms with E-state index in [1.807, 2.05) is 12.1 Å². The second-order valence-corrected chi connectivity index (χ2v) is 7.92. The Morgan fingerprint density at radius 1 is 1.38 bits per heavy atom. The van der Waals surface area contributed by atoms with Gasteiger partial charge in [-0.2, -0.15) is 0 Å². The van der Waals surface area contributed by atoms with E-state index in [2.05, 4.69) is 39.6 Å². The Morgan fingerprint density at radius 3 is 3.04 bits per heavy atom. The third-order valence-electron chi connectivity index (χ3n) is 5.17. The molecular formula is C18H22N4OS. The van der Waals surface area contributed by atoms with Crippen LogP contribution in [-0.4, -0.2) is 32.9 Å². The predicted octanol–water partition coefficient (Wildman–Crippen LogP) is 3.18. The van der Waals surface area contributed by atoms with Gasteiger partial charge in [-0.1, -0.05) is 41.9 Å². The maximum absolute atomic E-state index is 12.2. The zero-order chi connectivity index (χ0) is 16.5. The number of carbonyl (C=O) groups excluding carboxylic acids is 1. The van der Waals surface area contributed by atoms with Crippen LogP contribution in [0.25, 0.3) is 11.4 Å². The van der Waals surface area contributed by atoms with Crippen LogP contribution in [0, 0.1) is 18.8 Å². The fourth-order valence-electron chi connectivity index (χ4n) is 4.03. The van der Waals surface area contributed by atoms with Crippen LogP contribution in [0.2, 0.25) is 0 Å². The average molecular weight is 342 g/mol. The van der Waals surface area contributed by atoms with Crippen molar-refractivity contribution in [3.8, 4) is 11.4 Å². The Bertz CT molecular complexity index is 744. The predicted molar refractivity (Wildman–Crippen MR) is 94.7 cm³/mol. The van der Waals surface area contributed by atoms with E-state index in [1.165, 1.54) is 43.0 Å². The molecule has 6 heteroatoms. The normalized spacial score (nSPS) is 25.1. The Morgan fingerprint density at radius 2 is 2.29 bits per heavy atom. The van der Waals surface area contributed by atoms with Crippen LogP contribution in [0.15, 0.2) is 29.4 Å². The molecule has 0 spiro atoms. The van der Waals surface area contributed by atoms with E-state index >= 15 is 0 Å². The maximum Gasteiger partial charge on any atom is 0.230 e. The topological polar surface area (TPSA) is 70.7 Å². The molecule has 2 aromatic rings. The summed E-state index contributed by atoms with van der Waals surface area (Å²) in [7, 11) is 0. The van der Waals surface area contributed by atoms with Gasteiger partial charge < -0.3 is 5.32 Å². The molecule has 2 aliphatic carbocycles. The molecule has 0 radical (unpaired) electrons. The summed E-state index contributed by atoms with van der Waals surface area (Å²) < 4.78 is 0. The van der Waals surface area contributed by atoms with Crippen LogP contribution in [0.1, 0.15) is 31.2 Å². The van der Waals surface area contributed by atoms with Crippen LogP contribution in [0.5, 0.6) is 0 Å². The molecule has 0 saturated heterocycles. The second-order valence-electron chi connectivity index (χ2n) is 6.97. The third-order valence-corrected chi connectivity index (χ3v) is 6.02. The highest BCUT2D eigenvalue weighted by atomic mass is 32.2. The summed E-state index contributed by atoms with van der Waals surface area (Å²) in [5, 5.41) is 11.0. The molecule has 2 N–H and O–H groups in total. The van der Waals surface area contributed by atoms with Crippen molar-refractivity contribution in [1.29, 1.82) is 0 Å². The molecule has 1 amide bonds. The molecule has 24 heavy (non-hydrogen) atoms. The van der Waals surface area contributed by atoms with Crippen LogP contribution < -0.4 is 5.32 Å². The number of amides is 1. The van der Waals surface area contributed by atoms with Gasteiger partial charge in [0.1, 0.15) is 0 Å². The summed E-state index contributed by atoms with van der Waals surface area (Å²) in [6.45, 7) is 2.05. The van der Waals surface area contributed by atoms with Gasteiger partial charge >= 0.3 is 0 Å². The van der Waals surface area contributed by atoms with E-state index in [-0.39, 0.29) is 5.91 Å². The highest BCUT2D eigenvalue weighted by Crippen LogP contribution is 2.44. The number of H-pyrrole nitrogens is 1. The van der Waals surface area contributed by atoms with Gasteiger partial charge in [-0.05, 0) is 44.1 Å². The number of carbonyl (C=O) groups is 1. The number of aromatic nitrogens is 3. The number of thioether (sulfide) groups is 1. The minimum absolute atomic E-state index is 0.0967. The van der Waals surface area contributed by atoms with Crippen molar-refractivity contribution in [1.82, 2.24) is 20.5 Å². The molecule has 126 valence electrons. The maximum atomic E-state index is 12.2. The lowest BCUT2D eigenvalue weighted by atomic mass is 9.95. The number of aromatic amines is 1. The molecule has 1 heterocycles. The number of nitrogens with one attached hydrogen (secondary N) is 2. The van der Waals surface area contributed by atoms with Crippen LogP contribution in [-0.2, 0) is 4.79 Å². The van der Waals surface area contributed by atoms with Gasteiger partial charge in [0, 0.05) is 11.6 Å². The van der Waals surface area contributed by atoms with Gasteiger partial charge in [-0.25, -0.2) is 4.98 Å². The van der Waals surface area contributed by atoms with Gasteiger partial charge in [0.15, 0.2) is 5.82 Å². The number of benzene rings is 1. The average Bonchev–Trinajstić information content (AvgIpc) is 3.29. The highest BCUT2D eigenvalue weighted by molar-refractivity contribution is 7.99. The molecule has 0 unspecified atom stereocenters. The molecule has 2 aliphatic rings. The minimum atomic E-state index is 0.0967. The number of aryl methyl sites for hydroxylation is 1. The van der Waals surface area contributed by atoms with Crippen molar-refractivity contribution in [2.24, 2.45) is 11.8 Å². The first-order valence-electron chi connectivity index (χ1n) is 8.59. The summed E-state index contributed by atoms with van der Waals surface area (Å²) in [6.07, 6.45) is 5.10. The molecule has 2 fully saturated rings. The summed E-state index contributed by atoms with van der Waals surface area (Å²) in [5.74, 6) is 2.77. The van der Waals surface area contributed by atoms with Crippen molar-refractivity contribution in [2.45, 2.75) is 43.8 Å². The zero-order valence-corrected chi connectivity index (χ0v) is 14.6. The molecule has 1 aromatic carbocycles. The standard InChI is InChI=1S/C18H22N4OS/c1-11-3-2-4-14(7-11)17-20-18(22-21-17)24-10-16(23)19-15-9-12-5-6-13(15)8-12/h2-4,7,12-13,15H,5-6,8-10H2,1H3,(H,19,23)(H,20,21,22)/t12-,13-,15+/m1/s1. The van der Waals surface area contributed by atoms with Crippen LogP contribution in [0.3, 0.4) is 0 Å². The lowest BCUT2D eigenvalue weighted by molar-refractivity contribution is -0.119. The Balaban J connectivity index is 1.31. The Kier molecular flexibility index (Phi) is 4.31. The molecule has 4 rings (SSSR count). The minimum Gasteiger partial charge on any atom is -0.352 e. The van der Waals surface area contributed by atoms with Gasteiger partial charge in [0.25, 0.3) is 0 Å². The van der Waals surface area contributed by atoms with Gasteiger partial charge in [0.2, 0.25) is 11.1 Å². The van der Waals surface area contributed by atoms with Crippen LogP contribution in [0.4, 0.5) is 0 Å². The Hall–Kier alpha value is -1.82. The fraction of sp³-hybridized carbons (Fsp3) is 0.500. The molecule has 2 bridgehead atoms. The van der Waals surface area contributed by atoms with E-state index < -0.39 is 0 Å². The Labute approximate surface area is 146 Å². The largest absolute Gasteiger partial charge is 0.352 e. The lowest BCUT2D eigenvalue weighted by Crippen LogP contribution is -2.39.